The molecule has 0 amide bonds. The lowest BCUT2D eigenvalue weighted by molar-refractivity contribution is -0.390. The van der Waals surface area contributed by atoms with Gasteiger partial charge in [-0.1, -0.05) is 39.3 Å². The Morgan fingerprint density at radius 2 is 1.45 bits per heavy atom. The highest BCUT2D eigenvalue weighted by Crippen LogP contribution is 2.73. The largest absolute Gasteiger partial charge is 0.394 e. The van der Waals surface area contributed by atoms with Crippen LogP contribution >= 0.6 is 0 Å². The van der Waals surface area contributed by atoms with Gasteiger partial charge in [-0.15, -0.1) is 0 Å². The second-order valence-electron chi connectivity index (χ2n) is 20.9. The van der Waals surface area contributed by atoms with E-state index in [4.69, 9.17) is 37.9 Å². The van der Waals surface area contributed by atoms with Gasteiger partial charge < -0.3 is 89.0 Å². The zero-order chi connectivity index (χ0) is 44.5. The smallest absolute Gasteiger partial charge is 0.187 e. The van der Waals surface area contributed by atoms with E-state index in [1.165, 1.54) is 6.92 Å². The summed E-state index contributed by atoms with van der Waals surface area (Å²) in [5, 5.41) is 111. The van der Waals surface area contributed by atoms with E-state index in [2.05, 4.69) is 26.8 Å². The molecule has 0 bridgehead atoms. The Bertz CT molecular complexity index is 1660. The average Bonchev–Trinajstić information content (AvgIpc) is 3.56. The highest BCUT2D eigenvalue weighted by atomic mass is 16.8. The van der Waals surface area contributed by atoms with Crippen LogP contribution in [0, 0.1) is 34.5 Å². The Balaban J connectivity index is 0.954. The second-order valence-corrected chi connectivity index (χ2v) is 20.9. The molecule has 6 unspecified atom stereocenters. The lowest BCUT2D eigenvalue weighted by atomic mass is 9.44. The van der Waals surface area contributed by atoms with Gasteiger partial charge in [-0.05, 0) is 75.0 Å². The third kappa shape index (κ3) is 6.79. The van der Waals surface area contributed by atoms with E-state index >= 15 is 0 Å². The lowest BCUT2D eigenvalue weighted by Crippen LogP contribution is -2.67. The van der Waals surface area contributed by atoms with E-state index in [0.717, 1.165) is 18.4 Å². The molecule has 9 aliphatic rings. The van der Waals surface area contributed by atoms with Crippen molar-refractivity contribution in [1.82, 2.24) is 0 Å². The molecule has 4 aliphatic carbocycles. The van der Waals surface area contributed by atoms with Gasteiger partial charge in [-0.3, -0.25) is 0 Å². The van der Waals surface area contributed by atoms with Crippen molar-refractivity contribution in [3.05, 3.63) is 11.6 Å². The van der Waals surface area contributed by atoms with Crippen LogP contribution in [0.5, 0.6) is 0 Å². The zero-order valence-corrected chi connectivity index (χ0v) is 36.3. The fourth-order valence-electron chi connectivity index (χ4n) is 13.6. The van der Waals surface area contributed by atoms with Gasteiger partial charge in [0.25, 0.3) is 0 Å². The van der Waals surface area contributed by atoms with Crippen LogP contribution in [-0.2, 0) is 37.9 Å². The Kier molecular flexibility index (Phi) is 12.2. The molecule has 8 fully saturated rings. The van der Waals surface area contributed by atoms with Crippen molar-refractivity contribution in [2.45, 2.75) is 208 Å². The Morgan fingerprint density at radius 1 is 0.726 bits per heavy atom. The van der Waals surface area contributed by atoms with E-state index in [-0.39, 0.29) is 23.2 Å². The minimum Gasteiger partial charge on any atom is -0.394 e. The van der Waals surface area contributed by atoms with E-state index in [1.807, 2.05) is 6.92 Å². The van der Waals surface area contributed by atoms with E-state index in [9.17, 15) is 51.1 Å². The van der Waals surface area contributed by atoms with Gasteiger partial charge in [-0.25, -0.2) is 0 Å². The van der Waals surface area contributed by atoms with Gasteiger partial charge >= 0.3 is 0 Å². The molecule has 0 aromatic heterocycles. The number of aliphatic hydroxyl groups excluding tert-OH is 8. The van der Waals surface area contributed by atoms with Crippen molar-refractivity contribution in [3.63, 3.8) is 0 Å². The van der Waals surface area contributed by atoms with Crippen molar-refractivity contribution < 1.29 is 89.0 Å². The van der Waals surface area contributed by atoms with Gasteiger partial charge in [0, 0.05) is 24.2 Å². The fraction of sp³-hybridized carbons (Fsp3) is 0.955. The maximum Gasteiger partial charge on any atom is 0.187 e. The first kappa shape index (κ1) is 46.1. The van der Waals surface area contributed by atoms with Gasteiger partial charge in [0.05, 0.1) is 43.7 Å². The number of hydrogen-bond acceptors (Lipinski definition) is 18. The predicted molar refractivity (Wildman–Crippen MR) is 211 cm³/mol. The van der Waals surface area contributed by atoms with Crippen LogP contribution in [0.15, 0.2) is 11.6 Å². The number of rotatable bonds is 7. The molecule has 5 aliphatic heterocycles. The number of ether oxygens (including phenoxy) is 8. The maximum absolute atomic E-state index is 13.0. The van der Waals surface area contributed by atoms with E-state index < -0.39 is 134 Å². The number of allylic oxidation sites excluding steroid dienone is 1. The van der Waals surface area contributed by atoms with Crippen LogP contribution in [0.2, 0.25) is 0 Å². The molecule has 18 heteroatoms. The molecule has 10 N–H and O–H groups in total. The molecular formula is C44H70O18. The van der Waals surface area contributed by atoms with Crippen LogP contribution in [0.4, 0.5) is 0 Å². The van der Waals surface area contributed by atoms with Gasteiger partial charge in [0.2, 0.25) is 0 Å². The highest BCUT2D eigenvalue weighted by Gasteiger charge is 2.81. The van der Waals surface area contributed by atoms with Crippen LogP contribution in [0.3, 0.4) is 0 Å². The number of aliphatic hydroxyl groups is 10. The summed E-state index contributed by atoms with van der Waals surface area (Å²) >= 11 is 0. The summed E-state index contributed by atoms with van der Waals surface area (Å²) in [6.45, 7) is 9.48. The molecule has 62 heavy (non-hydrogen) atoms. The molecule has 18 nitrogen and oxygen atoms in total. The second kappa shape index (κ2) is 16.4. The van der Waals surface area contributed by atoms with Crippen molar-refractivity contribution in [2.24, 2.45) is 34.5 Å². The lowest BCUT2D eigenvalue weighted by Gasteiger charge is -2.63. The Hall–Kier alpha value is -0.980. The molecule has 9 rings (SSSR count). The van der Waals surface area contributed by atoms with Crippen LogP contribution < -0.4 is 0 Å². The van der Waals surface area contributed by atoms with E-state index in [1.54, 1.807) is 0 Å². The first-order chi connectivity index (χ1) is 29.2. The zero-order valence-electron chi connectivity index (χ0n) is 36.3. The molecule has 3 saturated carbocycles. The summed E-state index contributed by atoms with van der Waals surface area (Å²) in [5.41, 5.74) is -2.40. The minimum absolute atomic E-state index is 0.109. The summed E-state index contributed by atoms with van der Waals surface area (Å²) < 4.78 is 49.6. The SMILES string of the molecule is C[C@@H]1CC[C@@]2(OC1)OC1C[C@@]3(O)C4CC=C5CC(O[C@@H]6O[C@H](CO)[C@@H](O)[C@@H](O[C@@H]7OC[C@@H](O)[C@@H](O)[C@H]7O)[C@H]6O[C@@H]6O[C@H](C)[C@H](O)[C@@H](O)[C@H]6O)CCC5(C)C4CCC3(C)[C@@]1(O)[C@@H]2C. The van der Waals surface area contributed by atoms with Crippen LogP contribution in [-0.4, -0.2) is 186 Å². The average molecular weight is 887 g/mol. The van der Waals surface area contributed by atoms with Crippen LogP contribution in [0.1, 0.15) is 92.4 Å². The molecule has 25 atom stereocenters. The fourth-order valence-corrected chi connectivity index (χ4v) is 13.6. The number of hydrogen-bond donors (Lipinski definition) is 10. The Morgan fingerprint density at radius 3 is 2.16 bits per heavy atom. The van der Waals surface area contributed by atoms with Crippen molar-refractivity contribution in [1.29, 1.82) is 0 Å². The van der Waals surface area contributed by atoms with Crippen LogP contribution in [0.25, 0.3) is 0 Å². The molecule has 354 valence electrons. The first-order valence-electron chi connectivity index (χ1n) is 22.9. The summed E-state index contributed by atoms with van der Waals surface area (Å²) in [6, 6.07) is 0. The summed E-state index contributed by atoms with van der Waals surface area (Å²) in [5.74, 6) is -0.768. The topological polar surface area (TPSA) is 276 Å². The number of fused-ring (bicyclic) bond motifs is 7. The summed E-state index contributed by atoms with van der Waals surface area (Å²) in [6.07, 6.45) is -14.2. The summed E-state index contributed by atoms with van der Waals surface area (Å²) in [4.78, 5) is 0. The molecule has 5 saturated heterocycles. The first-order valence-corrected chi connectivity index (χ1v) is 22.9. The van der Waals surface area contributed by atoms with Gasteiger partial charge in [0.15, 0.2) is 24.7 Å². The highest BCUT2D eigenvalue weighted by molar-refractivity contribution is 5.33. The van der Waals surface area contributed by atoms with Gasteiger partial charge in [-0.2, -0.15) is 0 Å². The third-order valence-electron chi connectivity index (χ3n) is 17.7. The third-order valence-corrected chi connectivity index (χ3v) is 17.7. The monoisotopic (exact) mass is 886 g/mol. The molecule has 1 spiro atoms. The minimum atomic E-state index is -1.76. The molecule has 0 aromatic rings. The molecule has 0 aromatic carbocycles. The summed E-state index contributed by atoms with van der Waals surface area (Å²) in [7, 11) is 0. The predicted octanol–water partition coefficient (Wildman–Crippen LogP) is -0.917. The molecule has 0 radical (unpaired) electrons. The Labute approximate surface area is 362 Å². The van der Waals surface area contributed by atoms with Crippen molar-refractivity contribution >= 4 is 0 Å². The molecular weight excluding hydrogens is 816 g/mol. The quantitative estimate of drug-likeness (QED) is 0.139. The molecule has 5 heterocycles. The maximum atomic E-state index is 13.0. The van der Waals surface area contributed by atoms with Gasteiger partial charge in [0.1, 0.15) is 66.6 Å². The normalized spacial score (nSPS) is 58.9. The standard InChI is InChI=1S/C44H70O18/c1-19-8-13-43(56-17-19)21(3)44(54)28(62-43)15-42(53)25-7-6-22-14-23(9-11-40(22,4)24(25)10-12-41(42,44)5)58-39-36(61-38-34(52)32(50)29(47)20(2)57-38)35(31(49)27(16-45)59-39)60-37-33(51)30(48)26(46)18-55-37/h6,19-21,23-39,45-54H,7-18H2,1-5H3/t19-,20-,21-,23?,24?,25?,26-,27-,28?,29+,30-,31-,32-,33-,34-,35-,36-,37+,38+,39-,40?,41?,42-,43-,44-/m1/s1. The van der Waals surface area contributed by atoms with Crippen molar-refractivity contribution in [2.75, 3.05) is 19.8 Å². The van der Waals surface area contributed by atoms with Crippen molar-refractivity contribution in [3.8, 4) is 0 Å². The van der Waals surface area contributed by atoms with E-state index in [0.29, 0.717) is 57.5 Å².